The van der Waals surface area contributed by atoms with Gasteiger partial charge in [-0.3, -0.25) is 4.79 Å². The summed E-state index contributed by atoms with van der Waals surface area (Å²) in [7, 11) is 0. The lowest BCUT2D eigenvalue weighted by Gasteiger charge is -2.18. The highest BCUT2D eigenvalue weighted by molar-refractivity contribution is 6.30. The van der Waals surface area contributed by atoms with Gasteiger partial charge >= 0.3 is 0 Å². The molecule has 1 heterocycles. The maximum Gasteiger partial charge on any atom is 0.256 e. The van der Waals surface area contributed by atoms with E-state index in [0.29, 0.717) is 21.4 Å². The Kier molecular flexibility index (Phi) is 4.60. The number of halogens is 2. The molecule has 0 saturated carbocycles. The van der Waals surface area contributed by atoms with Crippen LogP contribution in [-0.4, -0.2) is 20.5 Å². The minimum absolute atomic E-state index is 0.262. The lowest BCUT2D eigenvalue weighted by atomic mass is 10.1. The number of rotatable bonds is 5. The summed E-state index contributed by atoms with van der Waals surface area (Å²) >= 11 is 11.7. The Bertz CT molecular complexity index is 787. The summed E-state index contributed by atoms with van der Waals surface area (Å²) in [4.78, 5) is 16.6. The van der Waals surface area contributed by atoms with Crippen molar-refractivity contribution in [1.29, 1.82) is 0 Å². The lowest BCUT2D eigenvalue weighted by molar-refractivity contribution is 0.0619. The van der Waals surface area contributed by atoms with Crippen LogP contribution in [0.3, 0.4) is 0 Å². The molecule has 0 radical (unpaired) electrons. The number of benzene rings is 2. The maximum absolute atomic E-state index is 12.7. The number of carbonyl (C=O) groups is 1. The largest absolute Gasteiger partial charge is 0.461 e. The van der Waals surface area contributed by atoms with Gasteiger partial charge in [0.25, 0.3) is 6.23 Å². The predicted octanol–water partition coefficient (Wildman–Crippen LogP) is 4.05. The molecule has 0 saturated heterocycles. The summed E-state index contributed by atoms with van der Waals surface area (Å²) in [5.41, 5.74) is 0.462. The summed E-state index contributed by atoms with van der Waals surface area (Å²) in [5, 5.41) is 5.14. The first-order valence-electron chi connectivity index (χ1n) is 6.69. The zero-order valence-electron chi connectivity index (χ0n) is 11.8. The lowest BCUT2D eigenvalue weighted by Crippen LogP contribution is -2.25. The molecule has 2 aromatic carbocycles. The molecule has 3 rings (SSSR count). The van der Waals surface area contributed by atoms with Crippen LogP contribution in [0, 0.1) is 0 Å². The molecule has 0 aliphatic carbocycles. The van der Waals surface area contributed by atoms with E-state index in [4.69, 9.17) is 27.9 Å². The zero-order chi connectivity index (χ0) is 16.2. The number of carbonyl (C=O) groups excluding carboxylic acids is 1. The minimum atomic E-state index is -0.972. The van der Waals surface area contributed by atoms with E-state index in [0.717, 1.165) is 0 Å². The molecular formula is C16H11Cl2N3O2. The Balaban J connectivity index is 1.91. The Labute approximate surface area is 142 Å². The molecule has 0 aliphatic heterocycles. The Hall–Kier alpha value is -2.37. The highest BCUT2D eigenvalue weighted by atomic mass is 35.5. The molecule has 1 aromatic heterocycles. The van der Waals surface area contributed by atoms with Crippen molar-refractivity contribution in [3.63, 3.8) is 0 Å². The van der Waals surface area contributed by atoms with Gasteiger partial charge in [0.1, 0.15) is 18.4 Å². The normalized spacial score (nSPS) is 11.9. The molecule has 0 N–H and O–H groups in total. The van der Waals surface area contributed by atoms with E-state index >= 15 is 0 Å². The van der Waals surface area contributed by atoms with Gasteiger partial charge in [-0.1, -0.05) is 23.2 Å². The third-order valence-corrected chi connectivity index (χ3v) is 3.60. The van der Waals surface area contributed by atoms with Gasteiger partial charge in [-0.15, -0.1) is 0 Å². The number of hydrogen-bond donors (Lipinski definition) is 0. The van der Waals surface area contributed by atoms with Crippen LogP contribution < -0.4 is 4.74 Å². The molecule has 7 heteroatoms. The van der Waals surface area contributed by atoms with E-state index in [1.165, 1.54) is 17.3 Å². The molecule has 23 heavy (non-hydrogen) atoms. The quantitative estimate of drug-likeness (QED) is 0.653. The molecule has 0 amide bonds. The molecule has 116 valence electrons. The molecule has 1 atom stereocenters. The summed E-state index contributed by atoms with van der Waals surface area (Å²) in [6, 6.07) is 13.3. The molecular weight excluding hydrogens is 337 g/mol. The van der Waals surface area contributed by atoms with Gasteiger partial charge in [-0.05, 0) is 48.5 Å². The van der Waals surface area contributed by atoms with E-state index in [9.17, 15) is 4.79 Å². The second-order valence-electron chi connectivity index (χ2n) is 4.67. The second kappa shape index (κ2) is 6.81. The van der Waals surface area contributed by atoms with Crippen molar-refractivity contribution in [2.45, 2.75) is 6.23 Å². The fourth-order valence-electron chi connectivity index (χ4n) is 1.96. The van der Waals surface area contributed by atoms with Crippen molar-refractivity contribution >= 4 is 29.0 Å². The predicted molar refractivity (Wildman–Crippen MR) is 86.9 cm³/mol. The average molecular weight is 348 g/mol. The molecule has 0 aliphatic rings. The number of aromatic nitrogens is 3. The van der Waals surface area contributed by atoms with Gasteiger partial charge in [-0.25, -0.2) is 9.67 Å². The molecule has 3 aromatic rings. The van der Waals surface area contributed by atoms with Crippen LogP contribution in [-0.2, 0) is 0 Å². The van der Waals surface area contributed by atoms with Crippen molar-refractivity contribution < 1.29 is 9.53 Å². The van der Waals surface area contributed by atoms with E-state index in [1.54, 1.807) is 48.5 Å². The van der Waals surface area contributed by atoms with Crippen LogP contribution in [0.2, 0.25) is 10.0 Å². The molecule has 0 fully saturated rings. The van der Waals surface area contributed by atoms with E-state index in [-0.39, 0.29) is 5.78 Å². The Morgan fingerprint density at radius 1 is 1.00 bits per heavy atom. The molecule has 0 bridgehead atoms. The second-order valence-corrected chi connectivity index (χ2v) is 5.54. The summed E-state index contributed by atoms with van der Waals surface area (Å²) in [6.45, 7) is 0. The van der Waals surface area contributed by atoms with Crippen LogP contribution >= 0.6 is 23.2 Å². The van der Waals surface area contributed by atoms with Crippen molar-refractivity contribution in [1.82, 2.24) is 14.8 Å². The first kappa shape index (κ1) is 15.5. The van der Waals surface area contributed by atoms with Gasteiger partial charge < -0.3 is 4.74 Å². The van der Waals surface area contributed by atoms with E-state index < -0.39 is 6.23 Å². The van der Waals surface area contributed by atoms with Crippen molar-refractivity contribution in [2.24, 2.45) is 0 Å². The third-order valence-electron chi connectivity index (χ3n) is 3.09. The first-order valence-corrected chi connectivity index (χ1v) is 7.45. The fourth-order valence-corrected chi connectivity index (χ4v) is 2.22. The van der Waals surface area contributed by atoms with Gasteiger partial charge in [0.15, 0.2) is 0 Å². The van der Waals surface area contributed by atoms with E-state index in [2.05, 4.69) is 10.1 Å². The topological polar surface area (TPSA) is 57.0 Å². The highest BCUT2D eigenvalue weighted by Gasteiger charge is 2.24. The fraction of sp³-hybridized carbons (Fsp3) is 0.0625. The van der Waals surface area contributed by atoms with Crippen LogP contribution in [0.5, 0.6) is 5.75 Å². The Morgan fingerprint density at radius 3 is 2.17 bits per heavy atom. The molecule has 0 spiro atoms. The summed E-state index contributed by atoms with van der Waals surface area (Å²) in [6.07, 6.45) is 1.79. The first-order chi connectivity index (χ1) is 11.1. The maximum atomic E-state index is 12.7. The standard InChI is InChI=1S/C16H11Cl2N3O2/c17-12-3-1-11(2-4-12)15(22)16(21-10-19-9-20-21)23-14-7-5-13(18)6-8-14/h1-10,16H. The number of ketones is 1. The van der Waals surface area contributed by atoms with Gasteiger partial charge in [0, 0.05) is 15.6 Å². The van der Waals surface area contributed by atoms with Crippen molar-refractivity contribution in [3.05, 3.63) is 76.8 Å². The van der Waals surface area contributed by atoms with Crippen LogP contribution in [0.15, 0.2) is 61.2 Å². The van der Waals surface area contributed by atoms with Crippen molar-refractivity contribution in [2.75, 3.05) is 0 Å². The van der Waals surface area contributed by atoms with Crippen LogP contribution in [0.4, 0.5) is 0 Å². The van der Waals surface area contributed by atoms with Crippen LogP contribution in [0.1, 0.15) is 16.6 Å². The highest BCUT2D eigenvalue weighted by Crippen LogP contribution is 2.23. The van der Waals surface area contributed by atoms with Gasteiger partial charge in [0.05, 0.1) is 0 Å². The zero-order valence-corrected chi connectivity index (χ0v) is 13.3. The number of ether oxygens (including phenoxy) is 1. The average Bonchev–Trinajstić information content (AvgIpc) is 3.08. The van der Waals surface area contributed by atoms with Crippen molar-refractivity contribution in [3.8, 4) is 5.75 Å². The van der Waals surface area contributed by atoms with Crippen LogP contribution in [0.25, 0.3) is 0 Å². The van der Waals surface area contributed by atoms with Gasteiger partial charge in [0.2, 0.25) is 5.78 Å². The van der Waals surface area contributed by atoms with E-state index in [1.807, 2.05) is 0 Å². The minimum Gasteiger partial charge on any atom is -0.461 e. The number of hydrogen-bond acceptors (Lipinski definition) is 4. The third kappa shape index (κ3) is 3.70. The number of nitrogens with zero attached hydrogens (tertiary/aromatic N) is 3. The summed E-state index contributed by atoms with van der Waals surface area (Å²) in [5.74, 6) is 0.235. The molecule has 1 unspecified atom stereocenters. The smallest absolute Gasteiger partial charge is 0.256 e. The Morgan fingerprint density at radius 2 is 1.61 bits per heavy atom. The van der Waals surface area contributed by atoms with Gasteiger partial charge in [-0.2, -0.15) is 5.10 Å². The summed E-state index contributed by atoms with van der Waals surface area (Å²) < 4.78 is 7.13. The molecule has 5 nitrogen and oxygen atoms in total. The monoisotopic (exact) mass is 347 g/mol. The number of Topliss-reactive ketones (excluding diaryl/α,β-unsaturated/α-hetero) is 1. The SMILES string of the molecule is O=C(c1ccc(Cl)cc1)C(Oc1ccc(Cl)cc1)n1cncn1.